The Morgan fingerprint density at radius 3 is 2.56 bits per heavy atom. The van der Waals surface area contributed by atoms with Crippen molar-refractivity contribution in [2.24, 2.45) is 0 Å². The van der Waals surface area contributed by atoms with Crippen molar-refractivity contribution in [2.75, 3.05) is 32.7 Å². The summed E-state index contributed by atoms with van der Waals surface area (Å²) in [6, 6.07) is 2.07. The molecule has 1 fully saturated rings. The van der Waals surface area contributed by atoms with Crippen LogP contribution in [0.4, 0.5) is 0 Å². The van der Waals surface area contributed by atoms with Gasteiger partial charge in [-0.1, -0.05) is 0 Å². The van der Waals surface area contributed by atoms with Crippen LogP contribution < -0.4 is 0 Å². The van der Waals surface area contributed by atoms with Crippen molar-refractivity contribution in [3.8, 4) is 0 Å². The smallest absolute Gasteiger partial charge is 0.159 e. The lowest BCUT2D eigenvalue weighted by Gasteiger charge is -2.34. The third-order valence-electron chi connectivity index (χ3n) is 4.82. The predicted molar refractivity (Wildman–Crippen MR) is 94.2 cm³/mol. The molecule has 0 radical (unpaired) electrons. The van der Waals surface area contributed by atoms with Crippen LogP contribution in [-0.2, 0) is 13.1 Å². The number of nitrogens with zero attached hydrogens (tertiary/aromatic N) is 8. The Hall–Kier alpha value is -2.32. The first kappa shape index (κ1) is 16.2. The van der Waals surface area contributed by atoms with Gasteiger partial charge in [-0.3, -0.25) is 14.5 Å². The molecule has 0 saturated carbocycles. The van der Waals surface area contributed by atoms with Gasteiger partial charge in [-0.15, -0.1) is 0 Å². The van der Waals surface area contributed by atoms with Gasteiger partial charge in [-0.2, -0.15) is 10.2 Å². The normalized spacial score (nSPS) is 16.7. The lowest BCUT2D eigenvalue weighted by Crippen LogP contribution is -2.46. The van der Waals surface area contributed by atoms with Crippen LogP contribution in [0.1, 0.15) is 17.0 Å². The van der Waals surface area contributed by atoms with Gasteiger partial charge in [0.25, 0.3) is 0 Å². The van der Waals surface area contributed by atoms with Crippen LogP contribution in [-0.4, -0.2) is 71.9 Å². The van der Waals surface area contributed by atoms with Gasteiger partial charge in [-0.25, -0.2) is 14.5 Å². The second-order valence-corrected chi connectivity index (χ2v) is 6.72. The number of aryl methyl sites for hydroxylation is 2. The summed E-state index contributed by atoms with van der Waals surface area (Å²) in [5.41, 5.74) is 4.38. The number of fused-ring (bicyclic) bond motifs is 1. The fraction of sp³-hybridized carbons (Fsp3) is 0.529. The minimum absolute atomic E-state index is 0.899. The second kappa shape index (κ2) is 6.89. The minimum Gasteiger partial charge on any atom is -0.299 e. The molecule has 1 aliphatic heterocycles. The standard InChI is InChI=1S/C17H24N8/c1-14-9-15(2)25-17(21-14)16(10-19-25)11-23-5-3-22(4-6-23)7-8-24-13-18-12-20-24/h9-10,12-13H,3-8,11H2,1-2H3. The Kier molecular flexibility index (Phi) is 4.46. The maximum absolute atomic E-state index is 4.68. The van der Waals surface area contributed by atoms with Crippen molar-refractivity contribution in [3.63, 3.8) is 0 Å². The first-order valence-corrected chi connectivity index (χ1v) is 8.77. The van der Waals surface area contributed by atoms with Gasteiger partial charge >= 0.3 is 0 Å². The van der Waals surface area contributed by atoms with E-state index in [-0.39, 0.29) is 0 Å². The van der Waals surface area contributed by atoms with E-state index in [4.69, 9.17) is 0 Å². The van der Waals surface area contributed by atoms with Gasteiger partial charge in [0.1, 0.15) is 12.7 Å². The zero-order valence-corrected chi connectivity index (χ0v) is 14.8. The topological polar surface area (TPSA) is 67.4 Å². The van der Waals surface area contributed by atoms with Crippen LogP contribution in [0.2, 0.25) is 0 Å². The summed E-state index contributed by atoms with van der Waals surface area (Å²) in [6.45, 7) is 11.3. The van der Waals surface area contributed by atoms with E-state index in [0.717, 1.165) is 62.8 Å². The van der Waals surface area contributed by atoms with Crippen LogP contribution in [0, 0.1) is 13.8 Å². The number of rotatable bonds is 5. The molecule has 0 N–H and O–H groups in total. The average molecular weight is 340 g/mol. The fourth-order valence-electron chi connectivity index (χ4n) is 3.43. The van der Waals surface area contributed by atoms with Crippen LogP contribution in [0.25, 0.3) is 5.65 Å². The Labute approximate surface area is 147 Å². The lowest BCUT2D eigenvalue weighted by molar-refractivity contribution is 0.123. The zero-order chi connectivity index (χ0) is 17.2. The molecule has 0 atom stereocenters. The molecule has 0 aromatic carbocycles. The molecule has 25 heavy (non-hydrogen) atoms. The summed E-state index contributed by atoms with van der Waals surface area (Å²) in [4.78, 5) is 13.6. The van der Waals surface area contributed by atoms with Crippen molar-refractivity contribution >= 4 is 5.65 Å². The molecule has 1 saturated heterocycles. The molecule has 0 aliphatic carbocycles. The molecular formula is C17H24N8. The molecule has 0 bridgehead atoms. The van der Waals surface area contributed by atoms with E-state index in [2.05, 4.69) is 43.0 Å². The van der Waals surface area contributed by atoms with Gasteiger partial charge in [0, 0.05) is 56.2 Å². The molecule has 3 aromatic rings. The third-order valence-corrected chi connectivity index (χ3v) is 4.82. The van der Waals surface area contributed by atoms with Crippen molar-refractivity contribution < 1.29 is 0 Å². The second-order valence-electron chi connectivity index (χ2n) is 6.72. The van der Waals surface area contributed by atoms with Crippen molar-refractivity contribution in [1.82, 2.24) is 39.2 Å². The highest BCUT2D eigenvalue weighted by Crippen LogP contribution is 2.15. The van der Waals surface area contributed by atoms with Crippen molar-refractivity contribution in [2.45, 2.75) is 26.9 Å². The summed E-state index contributed by atoms with van der Waals surface area (Å²) in [5, 5.41) is 8.66. The largest absolute Gasteiger partial charge is 0.299 e. The molecule has 132 valence electrons. The summed E-state index contributed by atoms with van der Waals surface area (Å²) >= 11 is 0. The molecule has 0 amide bonds. The Morgan fingerprint density at radius 2 is 1.80 bits per heavy atom. The zero-order valence-electron chi connectivity index (χ0n) is 14.8. The Bertz CT molecular complexity index is 830. The van der Waals surface area contributed by atoms with Gasteiger partial charge in [0.15, 0.2) is 5.65 Å². The molecule has 0 spiro atoms. The molecule has 0 unspecified atom stereocenters. The van der Waals surface area contributed by atoms with Gasteiger partial charge < -0.3 is 0 Å². The summed E-state index contributed by atoms with van der Waals surface area (Å²) < 4.78 is 3.83. The maximum Gasteiger partial charge on any atom is 0.159 e. The van der Waals surface area contributed by atoms with E-state index in [0.29, 0.717) is 0 Å². The third kappa shape index (κ3) is 3.54. The van der Waals surface area contributed by atoms with E-state index in [1.54, 1.807) is 12.7 Å². The van der Waals surface area contributed by atoms with Crippen LogP contribution in [0.3, 0.4) is 0 Å². The van der Waals surface area contributed by atoms with E-state index >= 15 is 0 Å². The maximum atomic E-state index is 4.68. The number of hydrogen-bond donors (Lipinski definition) is 0. The number of aromatic nitrogens is 6. The highest BCUT2D eigenvalue weighted by molar-refractivity contribution is 5.47. The number of piperazine rings is 1. The average Bonchev–Trinajstić information content (AvgIpc) is 3.25. The fourth-order valence-corrected chi connectivity index (χ4v) is 3.43. The molecule has 4 rings (SSSR count). The van der Waals surface area contributed by atoms with E-state index in [1.165, 1.54) is 5.56 Å². The molecular weight excluding hydrogens is 316 g/mol. The van der Waals surface area contributed by atoms with Crippen LogP contribution in [0.5, 0.6) is 0 Å². The molecule has 3 aromatic heterocycles. The van der Waals surface area contributed by atoms with Gasteiger partial charge in [0.2, 0.25) is 0 Å². The molecule has 4 heterocycles. The van der Waals surface area contributed by atoms with Crippen molar-refractivity contribution in [3.05, 3.63) is 41.9 Å². The Balaban J connectivity index is 1.34. The quantitative estimate of drug-likeness (QED) is 0.683. The summed E-state index contributed by atoms with van der Waals surface area (Å²) in [6.07, 6.45) is 5.33. The predicted octanol–water partition coefficient (Wildman–Crippen LogP) is 0.755. The van der Waals surface area contributed by atoms with Gasteiger partial charge in [0.05, 0.1) is 12.7 Å². The minimum atomic E-state index is 0.899. The lowest BCUT2D eigenvalue weighted by atomic mass is 10.2. The first-order chi connectivity index (χ1) is 12.2. The Morgan fingerprint density at radius 1 is 1.00 bits per heavy atom. The summed E-state index contributed by atoms with van der Waals surface area (Å²) in [5.74, 6) is 0. The van der Waals surface area contributed by atoms with E-state index in [9.17, 15) is 0 Å². The highest BCUT2D eigenvalue weighted by atomic mass is 15.3. The van der Waals surface area contributed by atoms with Crippen LogP contribution in [0.15, 0.2) is 24.9 Å². The van der Waals surface area contributed by atoms with E-state index < -0.39 is 0 Å². The van der Waals surface area contributed by atoms with Crippen molar-refractivity contribution in [1.29, 1.82) is 0 Å². The number of hydrogen-bond acceptors (Lipinski definition) is 6. The first-order valence-electron chi connectivity index (χ1n) is 8.77. The molecule has 1 aliphatic rings. The van der Waals surface area contributed by atoms with Crippen LogP contribution >= 0.6 is 0 Å². The molecule has 8 heteroatoms. The monoisotopic (exact) mass is 340 g/mol. The highest BCUT2D eigenvalue weighted by Gasteiger charge is 2.19. The van der Waals surface area contributed by atoms with E-state index in [1.807, 2.05) is 22.3 Å². The molecule has 8 nitrogen and oxygen atoms in total. The SMILES string of the molecule is Cc1cc(C)n2ncc(CN3CCN(CCn4cncn4)CC3)c2n1. The summed E-state index contributed by atoms with van der Waals surface area (Å²) in [7, 11) is 0. The van der Waals surface area contributed by atoms with Gasteiger partial charge in [-0.05, 0) is 19.9 Å².